The largest absolute Gasteiger partial charge is 0.380 e. The summed E-state index contributed by atoms with van der Waals surface area (Å²) >= 11 is 1.55. The molecular formula is C21H25N3O5S. The fourth-order valence-electron chi connectivity index (χ4n) is 3.37. The lowest BCUT2D eigenvalue weighted by Crippen LogP contribution is -2.53. The molecule has 0 aliphatic carbocycles. The highest BCUT2D eigenvalue weighted by molar-refractivity contribution is 7.09. The Hall–Kier alpha value is -2.75. The normalized spacial score (nSPS) is 17.9. The summed E-state index contributed by atoms with van der Waals surface area (Å²) in [6.45, 7) is 0.554. The van der Waals surface area contributed by atoms with Gasteiger partial charge in [0.1, 0.15) is 6.04 Å². The average Bonchev–Trinajstić information content (AvgIpc) is 3.45. The average molecular weight is 432 g/mol. The molecule has 1 fully saturated rings. The van der Waals surface area contributed by atoms with E-state index < -0.39 is 30.1 Å². The van der Waals surface area contributed by atoms with E-state index in [9.17, 15) is 24.6 Å². The number of hydrogen-bond acceptors (Lipinski definition) is 6. The van der Waals surface area contributed by atoms with E-state index in [0.717, 1.165) is 4.88 Å². The number of carbonyl (C=O) groups is 3. The summed E-state index contributed by atoms with van der Waals surface area (Å²) < 4.78 is 0. The van der Waals surface area contributed by atoms with Crippen LogP contribution in [0.2, 0.25) is 0 Å². The van der Waals surface area contributed by atoms with Crippen LogP contribution < -0.4 is 10.6 Å². The Bertz CT molecular complexity index is 859. The maximum absolute atomic E-state index is 12.7. The van der Waals surface area contributed by atoms with Gasteiger partial charge in [-0.05, 0) is 42.8 Å². The van der Waals surface area contributed by atoms with Crippen molar-refractivity contribution in [3.8, 4) is 0 Å². The lowest BCUT2D eigenvalue weighted by molar-refractivity contribution is -0.154. The number of amides is 3. The Labute approximate surface area is 178 Å². The molecule has 9 heteroatoms. The second-order valence-corrected chi connectivity index (χ2v) is 8.09. The zero-order valence-corrected chi connectivity index (χ0v) is 17.2. The molecule has 1 saturated heterocycles. The predicted octanol–water partition coefficient (Wildman–Crippen LogP) is 0.758. The summed E-state index contributed by atoms with van der Waals surface area (Å²) in [6.07, 6.45) is -2.21. The Morgan fingerprint density at radius 3 is 2.57 bits per heavy atom. The number of benzene rings is 1. The predicted molar refractivity (Wildman–Crippen MR) is 113 cm³/mol. The molecule has 0 unspecified atom stereocenters. The molecular weight excluding hydrogens is 406 g/mol. The van der Waals surface area contributed by atoms with Crippen molar-refractivity contribution >= 4 is 34.7 Å². The van der Waals surface area contributed by atoms with E-state index in [0.29, 0.717) is 24.9 Å². The zero-order valence-electron chi connectivity index (χ0n) is 16.4. The number of para-hydroxylation sites is 1. The van der Waals surface area contributed by atoms with Gasteiger partial charge >= 0.3 is 0 Å². The molecule has 2 heterocycles. The van der Waals surface area contributed by atoms with Crippen LogP contribution in [0.4, 0.5) is 5.69 Å². The molecule has 3 amide bonds. The smallest absolute Gasteiger partial charge is 0.255 e. The van der Waals surface area contributed by atoms with E-state index >= 15 is 0 Å². The highest BCUT2D eigenvalue weighted by atomic mass is 32.1. The van der Waals surface area contributed by atoms with Gasteiger partial charge in [-0.2, -0.15) is 0 Å². The van der Waals surface area contributed by atoms with Crippen molar-refractivity contribution in [2.75, 3.05) is 18.4 Å². The van der Waals surface area contributed by atoms with Gasteiger partial charge in [-0.25, -0.2) is 0 Å². The van der Waals surface area contributed by atoms with Gasteiger partial charge in [-0.1, -0.05) is 24.3 Å². The van der Waals surface area contributed by atoms with Crippen molar-refractivity contribution in [1.29, 1.82) is 0 Å². The molecule has 4 N–H and O–H groups in total. The van der Waals surface area contributed by atoms with Gasteiger partial charge in [0.05, 0.1) is 0 Å². The lowest BCUT2D eigenvalue weighted by atomic mass is 10.1. The number of aliphatic hydroxyl groups is 2. The minimum absolute atomic E-state index is 0.273. The maximum Gasteiger partial charge on any atom is 0.255 e. The highest BCUT2D eigenvalue weighted by Gasteiger charge is 2.40. The number of nitrogens with zero attached hydrogens (tertiary/aromatic N) is 1. The Balaban J connectivity index is 1.53. The molecule has 3 rings (SSSR count). The second kappa shape index (κ2) is 10.3. The van der Waals surface area contributed by atoms with E-state index in [1.807, 2.05) is 23.6 Å². The van der Waals surface area contributed by atoms with Crippen molar-refractivity contribution in [3.05, 3.63) is 52.7 Å². The van der Waals surface area contributed by atoms with Crippen LogP contribution in [0.5, 0.6) is 0 Å². The topological polar surface area (TPSA) is 119 Å². The van der Waals surface area contributed by atoms with Crippen LogP contribution in [0, 0.1) is 0 Å². The molecule has 0 spiro atoms. The number of hydrogen-bond donors (Lipinski definition) is 4. The second-order valence-electron chi connectivity index (χ2n) is 7.06. The van der Waals surface area contributed by atoms with Gasteiger partial charge in [0.2, 0.25) is 5.91 Å². The SMILES string of the molecule is O=C(Nc1ccccc1)[C@H]1CCCN1C(=O)[C@H](O)[C@@H](O)C(=O)NCCc1cccs1. The van der Waals surface area contributed by atoms with Crippen LogP contribution in [0.15, 0.2) is 47.8 Å². The summed E-state index contributed by atoms with van der Waals surface area (Å²) in [4.78, 5) is 39.7. The third kappa shape index (κ3) is 5.44. The Morgan fingerprint density at radius 1 is 1.10 bits per heavy atom. The van der Waals surface area contributed by atoms with Gasteiger partial charge in [0.25, 0.3) is 11.8 Å². The van der Waals surface area contributed by atoms with Gasteiger partial charge in [-0.3, -0.25) is 14.4 Å². The summed E-state index contributed by atoms with van der Waals surface area (Å²) in [5.74, 6) is -2.02. The third-order valence-electron chi connectivity index (χ3n) is 4.95. The maximum atomic E-state index is 12.7. The van der Waals surface area contributed by atoms with E-state index in [-0.39, 0.29) is 19.0 Å². The molecule has 1 aliphatic heterocycles. The number of rotatable bonds is 8. The molecule has 2 aromatic rings. The fraction of sp³-hybridized carbons (Fsp3) is 0.381. The van der Waals surface area contributed by atoms with Gasteiger partial charge in [-0.15, -0.1) is 11.3 Å². The van der Waals surface area contributed by atoms with Crippen LogP contribution in [0.25, 0.3) is 0 Å². The van der Waals surface area contributed by atoms with Crippen molar-refractivity contribution in [1.82, 2.24) is 10.2 Å². The molecule has 30 heavy (non-hydrogen) atoms. The van der Waals surface area contributed by atoms with Crippen molar-refractivity contribution in [3.63, 3.8) is 0 Å². The Kier molecular flexibility index (Phi) is 7.56. The number of nitrogens with one attached hydrogen (secondary N) is 2. The Morgan fingerprint density at radius 2 is 1.87 bits per heavy atom. The van der Waals surface area contributed by atoms with Crippen LogP contribution in [-0.4, -0.2) is 64.2 Å². The van der Waals surface area contributed by atoms with Crippen molar-refractivity contribution in [2.24, 2.45) is 0 Å². The first-order valence-corrected chi connectivity index (χ1v) is 10.7. The monoisotopic (exact) mass is 431 g/mol. The summed E-state index contributed by atoms with van der Waals surface area (Å²) in [5.41, 5.74) is 0.604. The number of likely N-dealkylation sites (tertiary alicyclic amines) is 1. The number of anilines is 1. The number of aliphatic hydroxyl groups excluding tert-OH is 2. The highest BCUT2D eigenvalue weighted by Crippen LogP contribution is 2.21. The minimum Gasteiger partial charge on any atom is -0.380 e. The first-order chi connectivity index (χ1) is 14.5. The van der Waals surface area contributed by atoms with Crippen molar-refractivity contribution < 1.29 is 24.6 Å². The standard InChI is InChI=1S/C21H25N3O5S/c25-17(20(28)22-11-10-15-8-5-13-30-15)18(26)21(29)24-12-4-9-16(24)19(27)23-14-6-2-1-3-7-14/h1-3,5-8,13,16-18,25-26H,4,9-12H2,(H,22,28)(H,23,27)/t16-,17-,18-/m1/s1. The first kappa shape index (κ1) is 21.9. The summed E-state index contributed by atoms with van der Waals surface area (Å²) in [6, 6.07) is 11.9. The number of carbonyl (C=O) groups excluding carboxylic acids is 3. The zero-order chi connectivity index (χ0) is 21.5. The first-order valence-electron chi connectivity index (χ1n) is 9.80. The van der Waals surface area contributed by atoms with Crippen LogP contribution >= 0.6 is 11.3 Å². The molecule has 1 aromatic carbocycles. The quantitative estimate of drug-likeness (QED) is 0.492. The fourth-order valence-corrected chi connectivity index (χ4v) is 4.08. The van der Waals surface area contributed by atoms with Crippen LogP contribution in [-0.2, 0) is 20.8 Å². The molecule has 8 nitrogen and oxygen atoms in total. The van der Waals surface area contributed by atoms with Gasteiger partial charge in [0.15, 0.2) is 12.2 Å². The molecule has 0 radical (unpaired) electrons. The minimum atomic E-state index is -1.93. The van der Waals surface area contributed by atoms with Crippen molar-refractivity contribution in [2.45, 2.75) is 37.5 Å². The van der Waals surface area contributed by atoms with Gasteiger partial charge < -0.3 is 25.7 Å². The van der Waals surface area contributed by atoms with E-state index in [4.69, 9.17) is 0 Å². The molecule has 3 atom stereocenters. The molecule has 0 saturated carbocycles. The van der Waals surface area contributed by atoms with Gasteiger partial charge in [0, 0.05) is 23.7 Å². The van der Waals surface area contributed by atoms with E-state index in [1.165, 1.54) is 4.90 Å². The molecule has 1 aliphatic rings. The summed E-state index contributed by atoms with van der Waals surface area (Å²) in [5, 5.41) is 27.6. The molecule has 1 aromatic heterocycles. The van der Waals surface area contributed by atoms with Crippen LogP contribution in [0.1, 0.15) is 17.7 Å². The van der Waals surface area contributed by atoms with E-state index in [1.54, 1.807) is 35.6 Å². The molecule has 160 valence electrons. The number of thiophene rings is 1. The third-order valence-corrected chi connectivity index (χ3v) is 5.89. The lowest BCUT2D eigenvalue weighted by Gasteiger charge is -2.27. The van der Waals surface area contributed by atoms with Crippen LogP contribution in [0.3, 0.4) is 0 Å². The summed E-state index contributed by atoms with van der Waals surface area (Å²) in [7, 11) is 0. The molecule has 0 bridgehead atoms. The van der Waals surface area contributed by atoms with E-state index in [2.05, 4.69) is 10.6 Å².